The average Bonchev–Trinajstić information content (AvgIpc) is 2.64. The third-order valence-electron chi connectivity index (χ3n) is 3.80. The third-order valence-corrected chi connectivity index (χ3v) is 5.81. The van der Waals surface area contributed by atoms with Gasteiger partial charge in [-0.2, -0.15) is 0 Å². The maximum Gasteiger partial charge on any atom is 0.214 e. The van der Waals surface area contributed by atoms with Gasteiger partial charge in [-0.1, -0.05) is 19.3 Å². The Kier molecular flexibility index (Phi) is 3.87. The van der Waals surface area contributed by atoms with Crippen LogP contribution in [0.3, 0.4) is 0 Å². The van der Waals surface area contributed by atoms with E-state index < -0.39 is 10.0 Å². The third kappa shape index (κ3) is 2.96. The molecule has 0 aliphatic heterocycles. The molecular formula is C11H22N2O2S. The molecule has 0 spiro atoms. The van der Waals surface area contributed by atoms with Crippen LogP contribution in [0, 0.1) is 0 Å². The summed E-state index contributed by atoms with van der Waals surface area (Å²) in [6.07, 6.45) is 7.57. The Labute approximate surface area is 98.0 Å². The maximum atomic E-state index is 12.1. The summed E-state index contributed by atoms with van der Waals surface area (Å²) in [5, 5.41) is -0.155. The molecule has 94 valence electrons. The zero-order chi connectivity index (χ0) is 11.6. The van der Waals surface area contributed by atoms with E-state index in [1.165, 1.54) is 6.42 Å². The molecule has 2 unspecified atom stereocenters. The van der Waals surface area contributed by atoms with E-state index in [0.717, 1.165) is 44.9 Å². The molecule has 2 aliphatic carbocycles. The van der Waals surface area contributed by atoms with Gasteiger partial charge in [-0.05, 0) is 32.1 Å². The normalized spacial score (nSPS) is 33.1. The first-order valence-corrected chi connectivity index (χ1v) is 7.89. The molecule has 2 saturated carbocycles. The number of nitrogens with one attached hydrogen (secondary N) is 1. The molecule has 5 heteroatoms. The summed E-state index contributed by atoms with van der Waals surface area (Å²) in [6, 6.07) is 0.265. The zero-order valence-electron chi connectivity index (χ0n) is 9.69. The van der Waals surface area contributed by atoms with E-state index in [-0.39, 0.29) is 17.3 Å². The van der Waals surface area contributed by atoms with Crippen LogP contribution in [0.2, 0.25) is 0 Å². The molecule has 3 N–H and O–H groups in total. The van der Waals surface area contributed by atoms with Gasteiger partial charge < -0.3 is 5.73 Å². The summed E-state index contributed by atoms with van der Waals surface area (Å²) < 4.78 is 27.0. The van der Waals surface area contributed by atoms with Gasteiger partial charge in [0.15, 0.2) is 0 Å². The van der Waals surface area contributed by atoms with Crippen molar-refractivity contribution in [3.63, 3.8) is 0 Å². The summed E-state index contributed by atoms with van der Waals surface area (Å²) in [5.74, 6) is 0. The summed E-state index contributed by atoms with van der Waals surface area (Å²) in [6.45, 7) is 0. The molecule has 2 rings (SSSR count). The topological polar surface area (TPSA) is 72.2 Å². The molecule has 0 heterocycles. The first-order valence-electron chi connectivity index (χ1n) is 6.34. The van der Waals surface area contributed by atoms with Crippen LogP contribution in [-0.4, -0.2) is 25.8 Å². The average molecular weight is 246 g/mol. The van der Waals surface area contributed by atoms with Crippen LogP contribution in [0.5, 0.6) is 0 Å². The Morgan fingerprint density at radius 2 is 1.69 bits per heavy atom. The monoisotopic (exact) mass is 246 g/mol. The highest BCUT2D eigenvalue weighted by Gasteiger charge is 2.31. The quantitative estimate of drug-likeness (QED) is 0.784. The van der Waals surface area contributed by atoms with Gasteiger partial charge in [-0.15, -0.1) is 0 Å². The first kappa shape index (κ1) is 12.3. The molecule has 4 nitrogen and oxygen atoms in total. The molecule has 0 bridgehead atoms. The van der Waals surface area contributed by atoms with Crippen molar-refractivity contribution >= 4 is 10.0 Å². The number of nitrogens with two attached hydrogens (primary N) is 1. The Morgan fingerprint density at radius 1 is 1.00 bits per heavy atom. The lowest BCUT2D eigenvalue weighted by molar-refractivity contribution is 0.469. The Morgan fingerprint density at radius 3 is 2.25 bits per heavy atom. The summed E-state index contributed by atoms with van der Waals surface area (Å²) in [7, 11) is -3.10. The molecule has 2 fully saturated rings. The van der Waals surface area contributed by atoms with Crippen LogP contribution >= 0.6 is 0 Å². The van der Waals surface area contributed by atoms with Gasteiger partial charge in [0.25, 0.3) is 0 Å². The van der Waals surface area contributed by atoms with Gasteiger partial charge >= 0.3 is 0 Å². The second kappa shape index (κ2) is 5.02. The van der Waals surface area contributed by atoms with Crippen molar-refractivity contribution in [2.45, 2.75) is 68.7 Å². The zero-order valence-corrected chi connectivity index (χ0v) is 10.5. The van der Waals surface area contributed by atoms with Gasteiger partial charge in [0.2, 0.25) is 10.0 Å². The summed E-state index contributed by atoms with van der Waals surface area (Å²) >= 11 is 0. The molecular weight excluding hydrogens is 224 g/mol. The van der Waals surface area contributed by atoms with Crippen molar-refractivity contribution in [3.8, 4) is 0 Å². The van der Waals surface area contributed by atoms with Crippen LogP contribution in [0.15, 0.2) is 0 Å². The fourth-order valence-corrected chi connectivity index (χ4v) is 4.65. The van der Waals surface area contributed by atoms with Gasteiger partial charge in [0.1, 0.15) is 0 Å². The van der Waals surface area contributed by atoms with Crippen molar-refractivity contribution in [3.05, 3.63) is 0 Å². The minimum Gasteiger partial charge on any atom is -0.328 e. The number of hydrogen-bond donors (Lipinski definition) is 2. The Balaban J connectivity index is 1.91. The van der Waals surface area contributed by atoms with Gasteiger partial charge in [0, 0.05) is 12.1 Å². The largest absolute Gasteiger partial charge is 0.328 e. The van der Waals surface area contributed by atoms with Gasteiger partial charge in [0.05, 0.1) is 5.25 Å². The van der Waals surface area contributed by atoms with Crippen molar-refractivity contribution in [2.75, 3.05) is 0 Å². The molecule has 0 radical (unpaired) electrons. The minimum atomic E-state index is -3.10. The summed E-state index contributed by atoms with van der Waals surface area (Å²) in [4.78, 5) is 0. The SMILES string of the molecule is NC1CCC(NS(=O)(=O)C2CCCCC2)C1. The van der Waals surface area contributed by atoms with Crippen LogP contribution in [-0.2, 0) is 10.0 Å². The second-order valence-electron chi connectivity index (χ2n) is 5.19. The predicted molar refractivity (Wildman–Crippen MR) is 64.5 cm³/mol. The van der Waals surface area contributed by atoms with E-state index in [1.807, 2.05) is 0 Å². The van der Waals surface area contributed by atoms with E-state index in [1.54, 1.807) is 0 Å². The fourth-order valence-electron chi connectivity index (χ4n) is 2.83. The maximum absolute atomic E-state index is 12.1. The molecule has 0 aromatic rings. The molecule has 0 aromatic heterocycles. The van der Waals surface area contributed by atoms with Crippen LogP contribution in [0.1, 0.15) is 51.4 Å². The highest BCUT2D eigenvalue weighted by atomic mass is 32.2. The molecule has 2 aliphatic rings. The molecule has 0 aromatic carbocycles. The Bertz CT molecular complexity index is 323. The van der Waals surface area contributed by atoms with Crippen LogP contribution in [0.25, 0.3) is 0 Å². The van der Waals surface area contributed by atoms with Crippen LogP contribution in [0.4, 0.5) is 0 Å². The summed E-state index contributed by atoms with van der Waals surface area (Å²) in [5.41, 5.74) is 5.79. The lowest BCUT2D eigenvalue weighted by Crippen LogP contribution is -2.41. The van der Waals surface area contributed by atoms with E-state index >= 15 is 0 Å². The van der Waals surface area contributed by atoms with Crippen molar-refractivity contribution < 1.29 is 8.42 Å². The van der Waals surface area contributed by atoms with Crippen molar-refractivity contribution in [1.29, 1.82) is 0 Å². The minimum absolute atomic E-state index is 0.0851. The second-order valence-corrected chi connectivity index (χ2v) is 7.19. The Hall–Kier alpha value is -0.130. The van der Waals surface area contributed by atoms with Crippen molar-refractivity contribution in [1.82, 2.24) is 4.72 Å². The van der Waals surface area contributed by atoms with E-state index in [2.05, 4.69) is 4.72 Å². The number of sulfonamides is 1. The fraction of sp³-hybridized carbons (Fsp3) is 1.00. The van der Waals surface area contributed by atoms with E-state index in [9.17, 15) is 8.42 Å². The molecule has 2 atom stereocenters. The van der Waals surface area contributed by atoms with Crippen LogP contribution < -0.4 is 10.5 Å². The van der Waals surface area contributed by atoms with Gasteiger partial charge in [-0.25, -0.2) is 13.1 Å². The van der Waals surface area contributed by atoms with Crippen molar-refractivity contribution in [2.24, 2.45) is 5.73 Å². The number of rotatable bonds is 3. The lowest BCUT2D eigenvalue weighted by atomic mass is 10.0. The molecule has 0 saturated heterocycles. The molecule has 0 amide bonds. The lowest BCUT2D eigenvalue weighted by Gasteiger charge is -2.24. The standard InChI is InChI=1S/C11H22N2O2S/c12-9-6-7-10(8-9)13-16(14,15)11-4-2-1-3-5-11/h9-11,13H,1-8,12H2. The number of hydrogen-bond acceptors (Lipinski definition) is 3. The highest BCUT2D eigenvalue weighted by Crippen LogP contribution is 2.25. The molecule has 16 heavy (non-hydrogen) atoms. The highest BCUT2D eigenvalue weighted by molar-refractivity contribution is 7.90. The van der Waals surface area contributed by atoms with Gasteiger partial charge in [-0.3, -0.25) is 0 Å². The van der Waals surface area contributed by atoms with E-state index in [0.29, 0.717) is 0 Å². The predicted octanol–water partition coefficient (Wildman–Crippen LogP) is 1.12. The van der Waals surface area contributed by atoms with E-state index in [4.69, 9.17) is 5.73 Å². The first-order chi connectivity index (χ1) is 7.58. The smallest absolute Gasteiger partial charge is 0.214 e.